The third kappa shape index (κ3) is 18.0. The van der Waals surface area contributed by atoms with Crippen LogP contribution in [0.3, 0.4) is 0 Å². The van der Waals surface area contributed by atoms with Gasteiger partial charge >= 0.3 is 0 Å². The van der Waals surface area contributed by atoms with Crippen molar-refractivity contribution in [2.45, 2.75) is 110 Å². The minimum atomic E-state index is 1.03. The molecule has 1 saturated carbocycles. The molecule has 0 saturated heterocycles. The van der Waals surface area contributed by atoms with Gasteiger partial charge in [0.05, 0.1) is 0 Å². The van der Waals surface area contributed by atoms with Gasteiger partial charge in [0.2, 0.25) is 0 Å². The lowest BCUT2D eigenvalue weighted by molar-refractivity contribution is 0.587. The van der Waals surface area contributed by atoms with Crippen molar-refractivity contribution in [1.29, 1.82) is 0 Å². The molecule has 1 aliphatic rings. The van der Waals surface area contributed by atoms with Crippen LogP contribution in [0.5, 0.6) is 0 Å². The van der Waals surface area contributed by atoms with E-state index in [-0.39, 0.29) is 0 Å². The molecule has 0 aromatic heterocycles. The van der Waals surface area contributed by atoms with Crippen molar-refractivity contribution in [2.75, 3.05) is 0 Å². The highest BCUT2D eigenvalue weighted by atomic mass is 14.2. The van der Waals surface area contributed by atoms with Gasteiger partial charge in [-0.25, -0.2) is 0 Å². The summed E-state index contributed by atoms with van der Waals surface area (Å²) in [6.45, 7) is 8.35. The summed E-state index contributed by atoms with van der Waals surface area (Å²) in [5, 5.41) is 0. The molecule has 1 rings (SSSR count). The van der Waals surface area contributed by atoms with Crippen LogP contribution < -0.4 is 0 Å². The van der Waals surface area contributed by atoms with E-state index in [1.807, 2.05) is 0 Å². The summed E-state index contributed by atoms with van der Waals surface area (Å²) in [6.07, 6.45) is 23.5. The van der Waals surface area contributed by atoms with Crippen molar-refractivity contribution in [3.63, 3.8) is 0 Å². The van der Waals surface area contributed by atoms with Crippen molar-refractivity contribution in [2.24, 2.45) is 5.92 Å². The Morgan fingerprint density at radius 1 is 0.750 bits per heavy atom. The van der Waals surface area contributed by atoms with Crippen LogP contribution in [0.25, 0.3) is 0 Å². The first-order valence-electron chi connectivity index (χ1n) is 9.47. The normalized spacial score (nSPS) is 13.9. The van der Waals surface area contributed by atoms with Crippen LogP contribution in [0.2, 0.25) is 0 Å². The Morgan fingerprint density at radius 2 is 1.20 bits per heavy atom. The average Bonchev–Trinajstić information content (AvgIpc) is 3.28. The lowest BCUT2D eigenvalue weighted by Gasteiger charge is -1.97. The largest absolute Gasteiger partial charge is 0.0654 e. The van der Waals surface area contributed by atoms with Crippen LogP contribution in [-0.4, -0.2) is 0 Å². The molecule has 1 fully saturated rings. The van der Waals surface area contributed by atoms with Crippen LogP contribution >= 0.6 is 0 Å². The van der Waals surface area contributed by atoms with Gasteiger partial charge in [-0.05, 0) is 18.8 Å². The fraction of sp³-hybridized carbons (Fsp3) is 0.900. The van der Waals surface area contributed by atoms with E-state index in [0.29, 0.717) is 0 Å². The maximum atomic E-state index is 3.82. The summed E-state index contributed by atoms with van der Waals surface area (Å²) in [4.78, 5) is 0. The molecule has 0 spiro atoms. The van der Waals surface area contributed by atoms with Crippen LogP contribution in [-0.2, 0) is 0 Å². The molecule has 120 valence electrons. The zero-order chi connectivity index (χ0) is 14.9. The molecule has 0 N–H and O–H groups in total. The fourth-order valence-corrected chi connectivity index (χ4v) is 2.48. The molecular formula is C20H40. The summed E-state index contributed by atoms with van der Waals surface area (Å²) in [5.41, 5.74) is 0. The van der Waals surface area contributed by atoms with E-state index in [1.165, 1.54) is 89.9 Å². The molecule has 0 heterocycles. The molecule has 0 aromatic carbocycles. The van der Waals surface area contributed by atoms with Gasteiger partial charge in [0.1, 0.15) is 0 Å². The summed E-state index contributed by atoms with van der Waals surface area (Å²) in [6, 6.07) is 0. The van der Waals surface area contributed by atoms with Gasteiger partial charge in [0.15, 0.2) is 0 Å². The first-order valence-corrected chi connectivity index (χ1v) is 9.47. The van der Waals surface area contributed by atoms with Crippen LogP contribution in [0.15, 0.2) is 0 Å². The second-order valence-electron chi connectivity index (χ2n) is 6.41. The van der Waals surface area contributed by atoms with Gasteiger partial charge in [-0.15, -0.1) is 0 Å². The van der Waals surface area contributed by atoms with Crippen molar-refractivity contribution in [3.05, 3.63) is 13.3 Å². The van der Waals surface area contributed by atoms with E-state index in [1.54, 1.807) is 0 Å². The van der Waals surface area contributed by atoms with Crippen molar-refractivity contribution in [1.82, 2.24) is 0 Å². The molecule has 1 aliphatic carbocycles. The van der Waals surface area contributed by atoms with Crippen molar-refractivity contribution < 1.29 is 0 Å². The van der Waals surface area contributed by atoms with E-state index >= 15 is 0 Å². The second-order valence-corrected chi connectivity index (χ2v) is 6.41. The average molecular weight is 281 g/mol. The van der Waals surface area contributed by atoms with E-state index in [4.69, 9.17) is 0 Å². The lowest BCUT2D eigenvalue weighted by atomic mass is 10.1. The summed E-state index contributed by atoms with van der Waals surface area (Å²) in [5.74, 6) is 1.03. The maximum absolute atomic E-state index is 3.82. The zero-order valence-corrected chi connectivity index (χ0v) is 14.5. The molecule has 0 amide bonds. The van der Waals surface area contributed by atoms with Crippen molar-refractivity contribution >= 4 is 0 Å². The molecule has 0 bridgehead atoms. The summed E-state index contributed by atoms with van der Waals surface area (Å²) in [7, 11) is 0. The van der Waals surface area contributed by atoms with E-state index in [9.17, 15) is 0 Å². The SMILES string of the molecule is CCCCCCCC1[CH]C1.[CH2]CCCCCCCCC. The van der Waals surface area contributed by atoms with Gasteiger partial charge in [-0.3, -0.25) is 0 Å². The zero-order valence-electron chi connectivity index (χ0n) is 14.5. The molecule has 1 atom stereocenters. The van der Waals surface area contributed by atoms with Gasteiger partial charge in [0, 0.05) is 0 Å². The highest BCUT2D eigenvalue weighted by Gasteiger charge is 2.20. The van der Waals surface area contributed by atoms with Gasteiger partial charge in [0.25, 0.3) is 0 Å². The Kier molecular flexibility index (Phi) is 17.1. The fourth-order valence-electron chi connectivity index (χ4n) is 2.48. The maximum Gasteiger partial charge on any atom is -0.0352 e. The quantitative estimate of drug-likeness (QED) is 0.306. The first kappa shape index (κ1) is 20.0. The number of hydrogen-bond acceptors (Lipinski definition) is 0. The van der Waals surface area contributed by atoms with E-state index in [2.05, 4.69) is 27.2 Å². The monoisotopic (exact) mass is 280 g/mol. The molecule has 20 heavy (non-hydrogen) atoms. The third-order valence-corrected chi connectivity index (χ3v) is 4.10. The molecule has 0 nitrogen and oxygen atoms in total. The highest BCUT2D eigenvalue weighted by molar-refractivity contribution is 4.93. The Hall–Kier alpha value is 0. The second kappa shape index (κ2) is 17.1. The number of unbranched alkanes of at least 4 members (excludes halogenated alkanes) is 11. The predicted molar refractivity (Wildman–Crippen MR) is 93.8 cm³/mol. The number of rotatable bonds is 13. The molecule has 0 aliphatic heterocycles. The minimum absolute atomic E-state index is 1.03. The standard InChI is InChI=1S/C10H19.C10H21/c1-2-3-4-5-6-7-10-8-9-10;1-3-5-7-9-10-8-6-4-2/h8,10H,2-7,9H2,1H3;1,3-10H2,2H3. The van der Waals surface area contributed by atoms with Gasteiger partial charge in [-0.2, -0.15) is 0 Å². The predicted octanol–water partition coefficient (Wildman–Crippen LogP) is 7.53. The van der Waals surface area contributed by atoms with Gasteiger partial charge < -0.3 is 0 Å². The van der Waals surface area contributed by atoms with Crippen LogP contribution in [0.1, 0.15) is 110 Å². The van der Waals surface area contributed by atoms with E-state index in [0.717, 1.165) is 12.3 Å². The van der Waals surface area contributed by atoms with Crippen LogP contribution in [0, 0.1) is 19.3 Å². The molecule has 0 heteroatoms. The smallest absolute Gasteiger partial charge is 0.0352 e. The molecule has 0 aromatic rings. The molecular weight excluding hydrogens is 240 g/mol. The van der Waals surface area contributed by atoms with Crippen molar-refractivity contribution in [3.8, 4) is 0 Å². The van der Waals surface area contributed by atoms with E-state index < -0.39 is 0 Å². The Bertz CT molecular complexity index is 149. The van der Waals surface area contributed by atoms with Gasteiger partial charge in [-0.1, -0.05) is 111 Å². The molecule has 1 unspecified atom stereocenters. The first-order chi connectivity index (χ1) is 9.85. The topological polar surface area (TPSA) is 0 Å². The third-order valence-electron chi connectivity index (χ3n) is 4.10. The Balaban J connectivity index is 0.000000361. The summed E-state index contributed by atoms with van der Waals surface area (Å²) >= 11 is 0. The Labute approximate surface area is 130 Å². The Morgan fingerprint density at radius 3 is 1.65 bits per heavy atom. The van der Waals surface area contributed by atoms with Crippen LogP contribution in [0.4, 0.5) is 0 Å². The summed E-state index contributed by atoms with van der Waals surface area (Å²) < 4.78 is 0. The highest BCUT2D eigenvalue weighted by Crippen LogP contribution is 2.32. The lowest BCUT2D eigenvalue weighted by Crippen LogP contribution is -1.79. The molecule has 2 radical (unpaired) electrons. The minimum Gasteiger partial charge on any atom is -0.0654 e. The number of hydrogen-bond donors (Lipinski definition) is 0.